The fraction of sp³-hybridized carbons (Fsp3) is 0.130. The van der Waals surface area contributed by atoms with Gasteiger partial charge in [0.15, 0.2) is 0 Å². The molecule has 1 N–H and O–H groups in total. The van der Waals surface area contributed by atoms with Crippen LogP contribution in [0.3, 0.4) is 0 Å². The molecule has 3 aromatic rings. The Kier molecular flexibility index (Phi) is 4.01. The summed E-state index contributed by atoms with van der Waals surface area (Å²) >= 11 is 2.80. The molecule has 3 aliphatic rings. The number of thiophene rings is 1. The topological polar surface area (TPSA) is 53.9 Å². The van der Waals surface area contributed by atoms with Gasteiger partial charge in [0.2, 0.25) is 0 Å². The molecule has 148 valence electrons. The normalized spacial score (nSPS) is 25.7. The Morgan fingerprint density at radius 3 is 2.77 bits per heavy atom. The van der Waals surface area contributed by atoms with Crippen LogP contribution in [0.2, 0.25) is 0 Å². The summed E-state index contributed by atoms with van der Waals surface area (Å²) in [4.78, 5) is 14.4. The van der Waals surface area contributed by atoms with Crippen molar-refractivity contribution in [2.75, 3.05) is 0 Å². The first-order chi connectivity index (χ1) is 14.7. The van der Waals surface area contributed by atoms with Gasteiger partial charge in [0.25, 0.3) is 5.24 Å². The summed E-state index contributed by atoms with van der Waals surface area (Å²) in [5.41, 5.74) is 3.15. The number of rotatable bonds is 2. The second-order valence-electron chi connectivity index (χ2n) is 7.30. The molecule has 5 nitrogen and oxygen atoms in total. The summed E-state index contributed by atoms with van der Waals surface area (Å²) < 4.78 is 6.51. The molecule has 0 radical (unpaired) electrons. The molecule has 3 aliphatic heterocycles. The summed E-state index contributed by atoms with van der Waals surface area (Å²) in [7, 11) is 0. The number of thioether (sulfide) groups is 1. The van der Waals surface area contributed by atoms with Crippen molar-refractivity contribution in [3.05, 3.63) is 93.0 Å². The van der Waals surface area contributed by atoms with Crippen LogP contribution in [-0.4, -0.2) is 21.8 Å². The zero-order valence-corrected chi connectivity index (χ0v) is 17.5. The van der Waals surface area contributed by atoms with Crippen LogP contribution in [0.15, 0.2) is 82.1 Å². The Hall–Kier alpha value is -3.03. The minimum absolute atomic E-state index is 0.0177. The Morgan fingerprint density at radius 1 is 1.10 bits per heavy atom. The minimum Gasteiger partial charge on any atom is -0.444 e. The zero-order chi connectivity index (χ0) is 20.1. The van der Waals surface area contributed by atoms with E-state index < -0.39 is 5.85 Å². The number of nitrogens with one attached hydrogen (secondary N) is 1. The third kappa shape index (κ3) is 2.69. The van der Waals surface area contributed by atoms with Crippen LogP contribution in [0, 0.1) is 0 Å². The van der Waals surface area contributed by atoms with E-state index in [2.05, 4.69) is 23.5 Å². The van der Waals surface area contributed by atoms with E-state index in [9.17, 15) is 4.79 Å². The Morgan fingerprint density at radius 2 is 1.93 bits per heavy atom. The number of hydrogen-bond acceptors (Lipinski definition) is 6. The fourth-order valence-electron chi connectivity index (χ4n) is 4.17. The van der Waals surface area contributed by atoms with Crippen molar-refractivity contribution in [2.24, 2.45) is 5.10 Å². The highest BCUT2D eigenvalue weighted by atomic mass is 32.2. The fourth-order valence-corrected chi connectivity index (χ4v) is 5.80. The largest absolute Gasteiger partial charge is 0.444 e. The van der Waals surface area contributed by atoms with Crippen LogP contribution < -0.4 is 10.1 Å². The molecule has 0 unspecified atom stereocenters. The van der Waals surface area contributed by atoms with E-state index in [4.69, 9.17) is 9.84 Å². The van der Waals surface area contributed by atoms with Crippen molar-refractivity contribution in [3.8, 4) is 5.75 Å². The first-order valence-corrected chi connectivity index (χ1v) is 11.4. The number of nitrogens with zero attached hydrogens (tertiary/aromatic N) is 2. The number of benzene rings is 2. The number of carbonyl (C=O) groups is 1. The van der Waals surface area contributed by atoms with Crippen LogP contribution in [0.4, 0.5) is 4.79 Å². The molecule has 1 aromatic heterocycles. The van der Waals surface area contributed by atoms with E-state index in [-0.39, 0.29) is 11.3 Å². The van der Waals surface area contributed by atoms with Crippen LogP contribution in [0.5, 0.6) is 5.75 Å². The lowest BCUT2D eigenvalue weighted by atomic mass is 9.96. The Bertz CT molecular complexity index is 1190. The molecule has 1 spiro atoms. The Balaban J connectivity index is 1.53. The molecule has 1 fully saturated rings. The van der Waals surface area contributed by atoms with Gasteiger partial charge in [-0.3, -0.25) is 10.1 Å². The van der Waals surface area contributed by atoms with Gasteiger partial charge in [-0.05, 0) is 40.9 Å². The molecule has 0 aliphatic carbocycles. The van der Waals surface area contributed by atoms with Gasteiger partial charge >= 0.3 is 5.85 Å². The average molecular weight is 432 g/mol. The number of fused-ring (bicyclic) bond motifs is 4. The molecule has 2 atom stereocenters. The molecule has 6 rings (SSSR count). The van der Waals surface area contributed by atoms with Crippen LogP contribution >= 0.6 is 23.1 Å². The van der Waals surface area contributed by atoms with E-state index >= 15 is 0 Å². The highest BCUT2D eigenvalue weighted by Crippen LogP contribution is 2.52. The predicted molar refractivity (Wildman–Crippen MR) is 120 cm³/mol. The van der Waals surface area contributed by atoms with Gasteiger partial charge in [-0.1, -0.05) is 54.6 Å². The summed E-state index contributed by atoms with van der Waals surface area (Å²) in [6.07, 6.45) is 2.77. The van der Waals surface area contributed by atoms with Crippen molar-refractivity contribution in [2.45, 2.75) is 18.3 Å². The highest BCUT2D eigenvalue weighted by Gasteiger charge is 2.58. The molecule has 0 bridgehead atoms. The van der Waals surface area contributed by atoms with Gasteiger partial charge in [-0.2, -0.15) is 5.10 Å². The van der Waals surface area contributed by atoms with Crippen LogP contribution in [-0.2, 0) is 0 Å². The third-order valence-electron chi connectivity index (χ3n) is 5.50. The third-order valence-corrected chi connectivity index (χ3v) is 7.22. The van der Waals surface area contributed by atoms with Crippen molar-refractivity contribution in [1.29, 1.82) is 0 Å². The van der Waals surface area contributed by atoms with Gasteiger partial charge in [0, 0.05) is 16.9 Å². The Labute approximate surface area is 182 Å². The second kappa shape index (κ2) is 6.75. The maximum Gasteiger partial charge on any atom is 0.314 e. The SMILES string of the molecule is O=C1N[C@@]2(Oc3ccccc3[C@H]3CC(c4ccccc4)=NN32)/C(=C/c2cccs2)S1. The number of para-hydroxylation sites is 1. The number of ether oxygens (including phenoxy) is 1. The number of hydrazone groups is 1. The predicted octanol–water partition coefficient (Wildman–Crippen LogP) is 5.44. The molecule has 1 amide bonds. The smallest absolute Gasteiger partial charge is 0.314 e. The lowest BCUT2D eigenvalue weighted by Crippen LogP contribution is -2.61. The lowest BCUT2D eigenvalue weighted by Gasteiger charge is -2.45. The van der Waals surface area contributed by atoms with Gasteiger partial charge in [0.05, 0.1) is 16.7 Å². The molecular weight excluding hydrogens is 414 g/mol. The molecule has 1 saturated heterocycles. The zero-order valence-electron chi connectivity index (χ0n) is 15.8. The average Bonchev–Trinajstić information content (AvgIpc) is 3.50. The van der Waals surface area contributed by atoms with E-state index in [0.29, 0.717) is 0 Å². The molecule has 2 aromatic carbocycles. The monoisotopic (exact) mass is 431 g/mol. The van der Waals surface area contributed by atoms with E-state index in [0.717, 1.165) is 38.8 Å². The summed E-state index contributed by atoms with van der Waals surface area (Å²) in [5.74, 6) is -0.357. The lowest BCUT2D eigenvalue weighted by molar-refractivity contribution is -0.0949. The summed E-state index contributed by atoms with van der Waals surface area (Å²) in [6.45, 7) is 0. The molecular formula is C23H17N3O2S2. The van der Waals surface area contributed by atoms with Crippen molar-refractivity contribution < 1.29 is 9.53 Å². The second-order valence-corrected chi connectivity index (χ2v) is 9.29. The minimum atomic E-state index is -1.14. The van der Waals surface area contributed by atoms with Crippen molar-refractivity contribution in [3.63, 3.8) is 0 Å². The van der Waals surface area contributed by atoms with Gasteiger partial charge in [-0.15, -0.1) is 11.3 Å². The molecule has 7 heteroatoms. The van der Waals surface area contributed by atoms with Crippen LogP contribution in [0.1, 0.15) is 28.5 Å². The standard InChI is InChI=1S/C23H17N3O2S2/c27-22-24-23(21(30-22)13-16-9-6-12-29-16)26-19(17-10-4-5-11-20(17)28-23)14-18(25-26)15-7-2-1-3-8-15/h1-13,19H,14H2,(H,24,27)/b21-13-/t19-,23+/m1/s1. The van der Waals surface area contributed by atoms with Gasteiger partial charge in [0.1, 0.15) is 5.75 Å². The van der Waals surface area contributed by atoms with E-state index in [1.807, 2.05) is 65.0 Å². The van der Waals surface area contributed by atoms with E-state index in [1.165, 1.54) is 11.8 Å². The number of hydrogen-bond donors (Lipinski definition) is 1. The van der Waals surface area contributed by atoms with Gasteiger partial charge < -0.3 is 4.74 Å². The molecule has 30 heavy (non-hydrogen) atoms. The molecule has 0 saturated carbocycles. The van der Waals surface area contributed by atoms with E-state index in [1.54, 1.807) is 11.3 Å². The maximum atomic E-state index is 12.6. The summed E-state index contributed by atoms with van der Waals surface area (Å²) in [6, 6.07) is 22.2. The first kappa shape index (κ1) is 17.8. The first-order valence-electron chi connectivity index (χ1n) is 9.69. The quantitative estimate of drug-likeness (QED) is 0.587. The maximum absolute atomic E-state index is 12.6. The number of amides is 1. The van der Waals surface area contributed by atoms with Crippen molar-refractivity contribution in [1.82, 2.24) is 10.3 Å². The van der Waals surface area contributed by atoms with Gasteiger partial charge in [-0.25, -0.2) is 5.01 Å². The van der Waals surface area contributed by atoms with Crippen LogP contribution in [0.25, 0.3) is 6.08 Å². The van der Waals surface area contributed by atoms with Crippen molar-refractivity contribution >= 4 is 40.1 Å². The highest BCUT2D eigenvalue weighted by molar-refractivity contribution is 8.17. The summed E-state index contributed by atoms with van der Waals surface area (Å²) in [5, 5.41) is 11.9. The molecule has 4 heterocycles. The number of carbonyl (C=O) groups excluding carboxylic acids is 1.